The highest BCUT2D eigenvalue weighted by atomic mass is 32.1. The number of nitrogens with two attached hydrogens (primary N) is 1. The molecule has 1 aliphatic rings. The Morgan fingerprint density at radius 2 is 2.07 bits per heavy atom. The van der Waals surface area contributed by atoms with Crippen LogP contribution in [0.1, 0.15) is 10.4 Å². The van der Waals surface area contributed by atoms with E-state index in [-0.39, 0.29) is 25.5 Å². The number of rotatable bonds is 6. The Hall–Kier alpha value is -2.98. The molecule has 0 atom stereocenters. The molecule has 0 spiro atoms. The highest BCUT2D eigenvalue weighted by Crippen LogP contribution is 2.39. The van der Waals surface area contributed by atoms with Gasteiger partial charge in [0.25, 0.3) is 6.08 Å². The normalized spacial score (nSPS) is 12.4. The molecule has 0 saturated heterocycles. The van der Waals surface area contributed by atoms with Crippen LogP contribution in [-0.4, -0.2) is 27.7 Å². The van der Waals surface area contributed by atoms with Crippen LogP contribution in [0, 0.1) is 6.92 Å². The van der Waals surface area contributed by atoms with Gasteiger partial charge in [-0.25, -0.2) is 9.48 Å². The second kappa shape index (κ2) is 7.80. The molecule has 3 heterocycles. The second-order valence-electron chi connectivity index (χ2n) is 6.55. The van der Waals surface area contributed by atoms with Crippen molar-refractivity contribution in [1.29, 1.82) is 0 Å². The minimum atomic E-state index is -1.88. The van der Waals surface area contributed by atoms with Crippen molar-refractivity contribution >= 4 is 11.3 Å². The van der Waals surface area contributed by atoms with E-state index in [1.165, 1.54) is 10.9 Å². The first kappa shape index (κ1) is 19.3. The molecular formula is C19H18F2N4O3S. The number of hydrogen-bond acceptors (Lipinski definition) is 6. The van der Waals surface area contributed by atoms with Crippen LogP contribution < -0.4 is 20.9 Å². The zero-order valence-corrected chi connectivity index (χ0v) is 16.3. The Bertz CT molecular complexity index is 1140. The van der Waals surface area contributed by atoms with E-state index in [0.29, 0.717) is 12.3 Å². The van der Waals surface area contributed by atoms with Crippen LogP contribution in [0.15, 0.2) is 47.0 Å². The molecule has 152 valence electrons. The lowest BCUT2D eigenvalue weighted by Gasteiger charge is -2.03. The van der Waals surface area contributed by atoms with E-state index in [1.54, 1.807) is 11.3 Å². The van der Waals surface area contributed by atoms with Crippen molar-refractivity contribution < 1.29 is 18.3 Å². The average Bonchev–Trinajstić information content (AvgIpc) is 3.40. The average molecular weight is 420 g/mol. The Labute approximate surface area is 168 Å². The van der Waals surface area contributed by atoms with Gasteiger partial charge in [0.15, 0.2) is 11.5 Å². The zero-order chi connectivity index (χ0) is 20.5. The third kappa shape index (κ3) is 3.81. The SMILES string of the molecule is Cc1cc(-c2ccc3c(c2)OCO3)sc1Cn1cnn(CC(CN)=C(F)F)c1=O. The van der Waals surface area contributed by atoms with Gasteiger partial charge in [-0.3, -0.25) is 4.57 Å². The Morgan fingerprint density at radius 3 is 2.83 bits per heavy atom. The first-order valence-electron chi connectivity index (χ1n) is 8.81. The van der Waals surface area contributed by atoms with Gasteiger partial charge in [-0.15, -0.1) is 11.3 Å². The minimum Gasteiger partial charge on any atom is -0.454 e. The van der Waals surface area contributed by atoms with E-state index >= 15 is 0 Å². The van der Waals surface area contributed by atoms with Gasteiger partial charge in [-0.05, 0) is 42.3 Å². The maximum absolute atomic E-state index is 12.8. The molecule has 1 aliphatic heterocycles. The van der Waals surface area contributed by atoms with Crippen LogP contribution in [0.4, 0.5) is 8.78 Å². The number of benzene rings is 1. The number of aryl methyl sites for hydroxylation is 1. The third-order valence-corrected chi connectivity index (χ3v) is 5.91. The Kier molecular flexibility index (Phi) is 5.20. The number of thiophene rings is 1. The van der Waals surface area contributed by atoms with E-state index < -0.39 is 11.8 Å². The van der Waals surface area contributed by atoms with Crippen LogP contribution in [0.3, 0.4) is 0 Å². The molecule has 0 bridgehead atoms. The fraction of sp³-hybridized carbons (Fsp3) is 0.263. The highest BCUT2D eigenvalue weighted by molar-refractivity contribution is 7.15. The number of fused-ring (bicyclic) bond motifs is 1. The zero-order valence-electron chi connectivity index (χ0n) is 15.5. The van der Waals surface area contributed by atoms with Gasteiger partial charge in [0.1, 0.15) is 6.33 Å². The first-order chi connectivity index (χ1) is 14.0. The number of nitrogens with zero attached hydrogens (tertiary/aromatic N) is 3. The fourth-order valence-corrected chi connectivity index (χ4v) is 4.16. The summed E-state index contributed by atoms with van der Waals surface area (Å²) < 4.78 is 38.8. The Balaban J connectivity index is 1.57. The molecule has 0 radical (unpaired) electrons. The third-order valence-electron chi connectivity index (χ3n) is 4.64. The van der Waals surface area contributed by atoms with Crippen LogP contribution in [0.2, 0.25) is 0 Å². The maximum atomic E-state index is 12.8. The van der Waals surface area contributed by atoms with Crippen LogP contribution >= 0.6 is 11.3 Å². The molecule has 4 rings (SSSR count). The predicted molar refractivity (Wildman–Crippen MR) is 105 cm³/mol. The summed E-state index contributed by atoms with van der Waals surface area (Å²) in [6.07, 6.45) is -0.525. The molecule has 0 aliphatic carbocycles. The summed E-state index contributed by atoms with van der Waals surface area (Å²) in [5.41, 5.74) is 6.56. The maximum Gasteiger partial charge on any atom is 0.346 e. The lowest BCUT2D eigenvalue weighted by Crippen LogP contribution is -2.27. The molecule has 7 nitrogen and oxygen atoms in total. The molecular weight excluding hydrogens is 402 g/mol. The second-order valence-corrected chi connectivity index (χ2v) is 7.69. The lowest BCUT2D eigenvalue weighted by atomic mass is 10.1. The van der Waals surface area contributed by atoms with Crippen molar-refractivity contribution in [2.45, 2.75) is 20.0 Å². The number of aromatic nitrogens is 3. The van der Waals surface area contributed by atoms with Gasteiger partial charge in [0, 0.05) is 21.9 Å². The van der Waals surface area contributed by atoms with Crippen LogP contribution in [-0.2, 0) is 13.1 Å². The number of hydrogen-bond donors (Lipinski definition) is 1. The monoisotopic (exact) mass is 420 g/mol. The van der Waals surface area contributed by atoms with Crippen molar-refractivity contribution in [3.05, 3.63) is 63.2 Å². The summed E-state index contributed by atoms with van der Waals surface area (Å²) in [4.78, 5) is 14.5. The summed E-state index contributed by atoms with van der Waals surface area (Å²) in [7, 11) is 0. The summed E-state index contributed by atoms with van der Waals surface area (Å²) >= 11 is 1.55. The minimum absolute atomic E-state index is 0.216. The highest BCUT2D eigenvalue weighted by Gasteiger charge is 2.17. The molecule has 2 aromatic heterocycles. The topological polar surface area (TPSA) is 84.3 Å². The Morgan fingerprint density at radius 1 is 1.28 bits per heavy atom. The van der Waals surface area contributed by atoms with Crippen LogP contribution in [0.25, 0.3) is 10.4 Å². The summed E-state index contributed by atoms with van der Waals surface area (Å²) in [6, 6.07) is 7.79. The number of ether oxygens (including phenoxy) is 2. The van der Waals surface area contributed by atoms with Crippen molar-refractivity contribution in [1.82, 2.24) is 14.3 Å². The van der Waals surface area contributed by atoms with E-state index in [9.17, 15) is 13.6 Å². The summed E-state index contributed by atoms with van der Waals surface area (Å²) in [5.74, 6) is 1.42. The standard InChI is InChI=1S/C19H18F2N4O3S/c1-11-4-16(12-2-3-14-15(5-12)28-10-27-14)29-17(11)8-24-9-23-25(19(24)26)7-13(6-22)18(20)21/h2-5,9H,6-8,10,22H2,1H3. The van der Waals surface area contributed by atoms with Gasteiger partial charge < -0.3 is 15.2 Å². The summed E-state index contributed by atoms with van der Waals surface area (Å²) in [5, 5.41) is 3.93. The molecule has 0 amide bonds. The van der Waals surface area contributed by atoms with E-state index in [4.69, 9.17) is 15.2 Å². The van der Waals surface area contributed by atoms with Gasteiger partial charge in [0.2, 0.25) is 6.79 Å². The van der Waals surface area contributed by atoms with Crippen LogP contribution in [0.5, 0.6) is 11.5 Å². The van der Waals surface area contributed by atoms with Gasteiger partial charge in [0.05, 0.1) is 13.1 Å². The molecule has 1 aromatic carbocycles. The summed E-state index contributed by atoms with van der Waals surface area (Å²) in [6.45, 7) is 1.83. The molecule has 0 unspecified atom stereocenters. The molecule has 29 heavy (non-hydrogen) atoms. The largest absolute Gasteiger partial charge is 0.454 e. The van der Waals surface area contributed by atoms with E-state index in [1.807, 2.05) is 31.2 Å². The molecule has 0 fully saturated rings. The smallest absolute Gasteiger partial charge is 0.346 e. The van der Waals surface area contributed by atoms with Crippen molar-refractivity contribution in [2.24, 2.45) is 5.73 Å². The van der Waals surface area contributed by atoms with Crippen molar-refractivity contribution in [3.63, 3.8) is 0 Å². The molecule has 2 N–H and O–H groups in total. The van der Waals surface area contributed by atoms with E-state index in [2.05, 4.69) is 5.10 Å². The van der Waals surface area contributed by atoms with Crippen molar-refractivity contribution in [3.8, 4) is 21.9 Å². The first-order valence-corrected chi connectivity index (χ1v) is 9.62. The van der Waals surface area contributed by atoms with Gasteiger partial charge >= 0.3 is 5.69 Å². The van der Waals surface area contributed by atoms with Crippen molar-refractivity contribution in [2.75, 3.05) is 13.3 Å². The number of halogens is 2. The molecule has 10 heteroatoms. The molecule has 0 saturated carbocycles. The predicted octanol–water partition coefficient (Wildman–Crippen LogP) is 2.97. The molecule has 3 aromatic rings. The lowest BCUT2D eigenvalue weighted by molar-refractivity contribution is 0.174. The van der Waals surface area contributed by atoms with Gasteiger partial charge in [-0.1, -0.05) is 0 Å². The quantitative estimate of drug-likeness (QED) is 0.663. The fourth-order valence-electron chi connectivity index (χ4n) is 2.99. The van der Waals surface area contributed by atoms with Gasteiger partial charge in [-0.2, -0.15) is 13.9 Å². The van der Waals surface area contributed by atoms with E-state index in [0.717, 1.165) is 31.3 Å².